The summed E-state index contributed by atoms with van der Waals surface area (Å²) in [4.78, 5) is 16.6. The van der Waals surface area contributed by atoms with Crippen LogP contribution in [0, 0.1) is 25.7 Å². The van der Waals surface area contributed by atoms with Crippen LogP contribution >= 0.6 is 11.3 Å². The van der Waals surface area contributed by atoms with E-state index in [-0.39, 0.29) is 5.92 Å². The third-order valence-corrected chi connectivity index (χ3v) is 4.99. The van der Waals surface area contributed by atoms with Crippen LogP contribution < -0.4 is 5.32 Å². The summed E-state index contributed by atoms with van der Waals surface area (Å²) in [5, 5.41) is 13.6. The Balaban J connectivity index is 1.70. The van der Waals surface area contributed by atoms with Gasteiger partial charge >= 0.3 is 5.97 Å². The first-order chi connectivity index (χ1) is 9.06. The Hall–Kier alpha value is -0.940. The number of carbonyl (C=O) groups is 1. The predicted molar refractivity (Wildman–Crippen MR) is 76.4 cm³/mol. The number of aryl methyl sites for hydroxylation is 2. The number of rotatable bonds is 5. The first kappa shape index (κ1) is 14.5. The average Bonchev–Trinajstić information content (AvgIpc) is 2.68. The molecule has 1 aliphatic rings. The Kier molecular flexibility index (Phi) is 4.93. The number of hydrogen-bond donors (Lipinski definition) is 2. The number of aromatic nitrogens is 1. The van der Waals surface area contributed by atoms with Gasteiger partial charge in [-0.3, -0.25) is 4.79 Å². The van der Waals surface area contributed by atoms with Gasteiger partial charge in [-0.2, -0.15) is 0 Å². The van der Waals surface area contributed by atoms with Crippen molar-refractivity contribution in [2.24, 2.45) is 11.8 Å². The van der Waals surface area contributed by atoms with Gasteiger partial charge in [0.15, 0.2) is 0 Å². The lowest BCUT2D eigenvalue weighted by molar-refractivity contribution is -0.143. The van der Waals surface area contributed by atoms with Gasteiger partial charge in [-0.05, 0) is 52.0 Å². The third kappa shape index (κ3) is 4.01. The smallest absolute Gasteiger partial charge is 0.306 e. The molecule has 0 atom stereocenters. The second-order valence-electron chi connectivity index (χ2n) is 5.43. The van der Waals surface area contributed by atoms with Crippen molar-refractivity contribution in [3.05, 3.63) is 15.6 Å². The molecule has 4 nitrogen and oxygen atoms in total. The second kappa shape index (κ2) is 6.48. The highest BCUT2D eigenvalue weighted by Gasteiger charge is 2.25. The molecule has 1 aliphatic carbocycles. The van der Waals surface area contributed by atoms with Gasteiger partial charge in [0.25, 0.3) is 0 Å². The van der Waals surface area contributed by atoms with Crippen molar-refractivity contribution in [2.75, 3.05) is 6.54 Å². The first-order valence-electron chi connectivity index (χ1n) is 6.92. The number of nitrogens with one attached hydrogen (secondary N) is 1. The molecule has 1 heterocycles. The molecule has 0 unspecified atom stereocenters. The van der Waals surface area contributed by atoms with Gasteiger partial charge in [0.2, 0.25) is 0 Å². The first-order valence-corrected chi connectivity index (χ1v) is 7.74. The van der Waals surface area contributed by atoms with Gasteiger partial charge in [-0.1, -0.05) is 0 Å². The Bertz CT molecular complexity index is 437. The SMILES string of the molecule is Cc1nc(C)c(CNCC2CCC(C(=O)O)CC2)s1. The van der Waals surface area contributed by atoms with Crippen LogP contribution in [0.4, 0.5) is 0 Å². The molecule has 2 N–H and O–H groups in total. The number of carboxylic acid groups (broad SMARTS) is 1. The lowest BCUT2D eigenvalue weighted by Crippen LogP contribution is -2.28. The normalized spacial score (nSPS) is 23.5. The summed E-state index contributed by atoms with van der Waals surface area (Å²) in [5.74, 6) is -0.102. The second-order valence-corrected chi connectivity index (χ2v) is 6.72. The summed E-state index contributed by atoms with van der Waals surface area (Å²) in [5.41, 5.74) is 1.13. The predicted octanol–water partition coefficient (Wildman–Crippen LogP) is 2.74. The topological polar surface area (TPSA) is 62.2 Å². The van der Waals surface area contributed by atoms with E-state index in [4.69, 9.17) is 5.11 Å². The Labute approximate surface area is 118 Å². The van der Waals surface area contributed by atoms with Gasteiger partial charge in [-0.15, -0.1) is 11.3 Å². The molecule has 19 heavy (non-hydrogen) atoms. The van der Waals surface area contributed by atoms with Crippen LogP contribution in [0.25, 0.3) is 0 Å². The van der Waals surface area contributed by atoms with E-state index in [1.165, 1.54) is 4.88 Å². The van der Waals surface area contributed by atoms with Crippen LogP contribution in [0.3, 0.4) is 0 Å². The van der Waals surface area contributed by atoms with Crippen molar-refractivity contribution in [3.8, 4) is 0 Å². The van der Waals surface area contributed by atoms with Crippen LogP contribution in [0.2, 0.25) is 0 Å². The van der Waals surface area contributed by atoms with Crippen LogP contribution in [0.5, 0.6) is 0 Å². The van der Waals surface area contributed by atoms with E-state index in [1.54, 1.807) is 11.3 Å². The minimum atomic E-state index is -0.623. The van der Waals surface area contributed by atoms with Gasteiger partial charge < -0.3 is 10.4 Å². The molecule has 0 amide bonds. The van der Waals surface area contributed by atoms with Gasteiger partial charge in [-0.25, -0.2) is 4.98 Å². The molecule has 0 saturated heterocycles. The molecule has 2 rings (SSSR count). The molecule has 5 heteroatoms. The van der Waals surface area contributed by atoms with E-state index in [2.05, 4.69) is 17.2 Å². The fourth-order valence-corrected chi connectivity index (χ4v) is 3.65. The van der Waals surface area contributed by atoms with Crippen LogP contribution in [-0.2, 0) is 11.3 Å². The molecule has 1 aromatic heterocycles. The maximum atomic E-state index is 10.9. The summed E-state index contributed by atoms with van der Waals surface area (Å²) in [6.07, 6.45) is 3.73. The largest absolute Gasteiger partial charge is 0.481 e. The third-order valence-electron chi connectivity index (χ3n) is 3.91. The molecule has 1 saturated carbocycles. The Morgan fingerprint density at radius 2 is 2.05 bits per heavy atom. The van der Waals surface area contributed by atoms with E-state index < -0.39 is 5.97 Å². The van der Waals surface area contributed by atoms with E-state index in [1.807, 2.05) is 6.92 Å². The summed E-state index contributed by atoms with van der Waals surface area (Å²) >= 11 is 1.75. The van der Waals surface area contributed by atoms with Crippen molar-refractivity contribution in [1.29, 1.82) is 0 Å². The van der Waals surface area contributed by atoms with Crippen LogP contribution in [0.15, 0.2) is 0 Å². The molecular weight excluding hydrogens is 260 g/mol. The van der Waals surface area contributed by atoms with Gasteiger partial charge in [0, 0.05) is 11.4 Å². The van der Waals surface area contributed by atoms with Crippen LogP contribution in [-0.4, -0.2) is 22.6 Å². The minimum absolute atomic E-state index is 0.109. The molecule has 106 valence electrons. The zero-order chi connectivity index (χ0) is 13.8. The van der Waals surface area contributed by atoms with Crippen molar-refractivity contribution in [3.63, 3.8) is 0 Å². The highest BCUT2D eigenvalue weighted by atomic mass is 32.1. The lowest BCUT2D eigenvalue weighted by Gasteiger charge is -2.26. The van der Waals surface area contributed by atoms with Crippen molar-refractivity contribution in [2.45, 2.75) is 46.1 Å². The molecule has 0 radical (unpaired) electrons. The molecule has 0 aliphatic heterocycles. The quantitative estimate of drug-likeness (QED) is 0.871. The standard InChI is InChI=1S/C14H22N2O2S/c1-9-13(19-10(2)16-9)8-15-7-11-3-5-12(6-4-11)14(17)18/h11-12,15H,3-8H2,1-2H3,(H,17,18). The average molecular weight is 282 g/mol. The Morgan fingerprint density at radius 3 is 2.58 bits per heavy atom. The molecule has 0 aromatic carbocycles. The fraction of sp³-hybridized carbons (Fsp3) is 0.714. The van der Waals surface area contributed by atoms with Gasteiger partial charge in [0.05, 0.1) is 16.6 Å². The highest BCUT2D eigenvalue weighted by molar-refractivity contribution is 7.11. The number of carboxylic acids is 1. The molecule has 1 aromatic rings. The zero-order valence-corrected chi connectivity index (χ0v) is 12.4. The maximum absolute atomic E-state index is 10.9. The van der Waals surface area contributed by atoms with E-state index in [0.29, 0.717) is 5.92 Å². The van der Waals surface area contributed by atoms with Crippen molar-refractivity contribution < 1.29 is 9.90 Å². The molecule has 0 bridgehead atoms. The number of nitrogens with zero attached hydrogens (tertiary/aromatic N) is 1. The summed E-state index contributed by atoms with van der Waals surface area (Å²) < 4.78 is 0. The minimum Gasteiger partial charge on any atom is -0.481 e. The summed E-state index contributed by atoms with van der Waals surface area (Å²) in [6, 6.07) is 0. The summed E-state index contributed by atoms with van der Waals surface area (Å²) in [7, 11) is 0. The van der Waals surface area contributed by atoms with E-state index >= 15 is 0 Å². The maximum Gasteiger partial charge on any atom is 0.306 e. The highest BCUT2D eigenvalue weighted by Crippen LogP contribution is 2.28. The van der Waals surface area contributed by atoms with Gasteiger partial charge in [0.1, 0.15) is 0 Å². The van der Waals surface area contributed by atoms with Crippen molar-refractivity contribution >= 4 is 17.3 Å². The summed E-state index contributed by atoms with van der Waals surface area (Å²) in [6.45, 7) is 5.96. The van der Waals surface area contributed by atoms with E-state index in [9.17, 15) is 4.79 Å². The lowest BCUT2D eigenvalue weighted by atomic mass is 9.82. The monoisotopic (exact) mass is 282 g/mol. The number of thiazole rings is 1. The Morgan fingerprint density at radius 1 is 1.37 bits per heavy atom. The fourth-order valence-electron chi connectivity index (χ4n) is 2.74. The molecule has 0 spiro atoms. The van der Waals surface area contributed by atoms with Crippen molar-refractivity contribution in [1.82, 2.24) is 10.3 Å². The number of hydrogen-bond acceptors (Lipinski definition) is 4. The number of aliphatic carboxylic acids is 1. The van der Waals surface area contributed by atoms with E-state index in [0.717, 1.165) is 49.5 Å². The molecular formula is C14H22N2O2S. The molecule has 1 fully saturated rings. The zero-order valence-electron chi connectivity index (χ0n) is 11.6. The van der Waals surface area contributed by atoms with Crippen LogP contribution in [0.1, 0.15) is 41.3 Å².